The van der Waals surface area contributed by atoms with Crippen molar-refractivity contribution in [2.45, 2.75) is 0 Å². The predicted octanol–water partition coefficient (Wildman–Crippen LogP) is 2.35. The maximum Gasteiger partial charge on any atom is 0.229 e. The summed E-state index contributed by atoms with van der Waals surface area (Å²) in [5.41, 5.74) is 0.870. The van der Waals surface area contributed by atoms with Crippen LogP contribution in [0.5, 0.6) is 5.75 Å². The van der Waals surface area contributed by atoms with Crippen LogP contribution in [0.3, 0.4) is 0 Å². The van der Waals surface area contributed by atoms with E-state index in [0.29, 0.717) is 5.89 Å². The molecule has 0 atom stereocenters. The largest absolute Gasteiger partial charge is 0.496 e. The van der Waals surface area contributed by atoms with Crippen molar-refractivity contribution in [3.63, 3.8) is 0 Å². The minimum Gasteiger partial charge on any atom is -0.496 e. The number of para-hydroxylation sites is 1. The van der Waals surface area contributed by atoms with Gasteiger partial charge in [0.1, 0.15) is 12.0 Å². The molecule has 1 aromatic carbocycles. The van der Waals surface area contributed by atoms with Crippen LogP contribution in [0.4, 0.5) is 0 Å². The quantitative estimate of drug-likeness (QED) is 0.702. The number of hydrogen-bond acceptors (Lipinski definition) is 3. The number of ether oxygens (including phenoxy) is 1. The van der Waals surface area contributed by atoms with Crippen molar-refractivity contribution in [3.05, 3.63) is 36.7 Å². The second-order valence-electron chi connectivity index (χ2n) is 2.54. The lowest BCUT2D eigenvalue weighted by molar-refractivity contribution is 0.414. The highest BCUT2D eigenvalue weighted by molar-refractivity contribution is 5.62. The molecule has 0 saturated heterocycles. The van der Waals surface area contributed by atoms with Gasteiger partial charge in [-0.25, -0.2) is 4.98 Å². The fraction of sp³-hybridized carbons (Fsp3) is 0.100. The van der Waals surface area contributed by atoms with Crippen molar-refractivity contribution >= 4 is 0 Å². The van der Waals surface area contributed by atoms with Crippen LogP contribution in [-0.4, -0.2) is 12.1 Å². The molecular formula is C10H9NO2. The molecule has 0 aliphatic rings. The second kappa shape index (κ2) is 3.31. The monoisotopic (exact) mass is 175 g/mol. The van der Waals surface area contributed by atoms with Crippen molar-refractivity contribution in [2.24, 2.45) is 0 Å². The molecule has 1 aromatic heterocycles. The third-order valence-corrected chi connectivity index (χ3v) is 1.77. The summed E-state index contributed by atoms with van der Waals surface area (Å²) in [5.74, 6) is 1.35. The normalized spacial score (nSPS) is 9.92. The molecule has 66 valence electrons. The Morgan fingerprint density at radius 2 is 2.15 bits per heavy atom. The molecule has 0 saturated carbocycles. The van der Waals surface area contributed by atoms with Crippen molar-refractivity contribution in [3.8, 4) is 17.2 Å². The van der Waals surface area contributed by atoms with Gasteiger partial charge in [0, 0.05) is 0 Å². The molecule has 0 spiro atoms. The van der Waals surface area contributed by atoms with Crippen molar-refractivity contribution in [1.29, 1.82) is 0 Å². The van der Waals surface area contributed by atoms with E-state index in [0.717, 1.165) is 11.3 Å². The lowest BCUT2D eigenvalue weighted by Crippen LogP contribution is -1.86. The molecule has 2 aromatic rings. The standard InChI is InChI=1S/C10H9NO2/c1-12-9-5-3-2-4-8(9)10-11-6-7-13-10/h2-7H,1H3. The van der Waals surface area contributed by atoms with E-state index in [2.05, 4.69) is 4.98 Å². The van der Waals surface area contributed by atoms with Crippen LogP contribution in [0.25, 0.3) is 11.5 Å². The van der Waals surface area contributed by atoms with Gasteiger partial charge in [-0.1, -0.05) is 12.1 Å². The first-order valence-corrected chi connectivity index (χ1v) is 3.94. The highest BCUT2D eigenvalue weighted by Gasteiger charge is 2.07. The lowest BCUT2D eigenvalue weighted by Gasteiger charge is -2.03. The summed E-state index contributed by atoms with van der Waals surface area (Å²) >= 11 is 0. The fourth-order valence-electron chi connectivity index (χ4n) is 1.18. The first-order valence-electron chi connectivity index (χ1n) is 3.94. The number of oxazole rings is 1. The van der Waals surface area contributed by atoms with Crippen LogP contribution < -0.4 is 4.74 Å². The zero-order valence-electron chi connectivity index (χ0n) is 7.23. The van der Waals surface area contributed by atoms with E-state index in [1.54, 1.807) is 19.6 Å². The lowest BCUT2D eigenvalue weighted by atomic mass is 10.2. The molecule has 0 fully saturated rings. The van der Waals surface area contributed by atoms with Gasteiger partial charge in [0.15, 0.2) is 0 Å². The van der Waals surface area contributed by atoms with Gasteiger partial charge in [-0.05, 0) is 12.1 Å². The van der Waals surface area contributed by atoms with Crippen LogP contribution in [0.2, 0.25) is 0 Å². The van der Waals surface area contributed by atoms with Gasteiger partial charge in [0.25, 0.3) is 0 Å². The van der Waals surface area contributed by atoms with E-state index >= 15 is 0 Å². The Morgan fingerprint density at radius 1 is 1.31 bits per heavy atom. The van der Waals surface area contributed by atoms with Crippen molar-refractivity contribution in [1.82, 2.24) is 4.98 Å². The van der Waals surface area contributed by atoms with Gasteiger partial charge in [0.2, 0.25) is 5.89 Å². The third kappa shape index (κ3) is 1.40. The van der Waals surface area contributed by atoms with Crippen molar-refractivity contribution < 1.29 is 9.15 Å². The highest BCUT2D eigenvalue weighted by atomic mass is 16.5. The molecule has 1 heterocycles. The van der Waals surface area contributed by atoms with Crippen LogP contribution in [0, 0.1) is 0 Å². The van der Waals surface area contributed by atoms with Gasteiger partial charge in [0.05, 0.1) is 18.9 Å². The summed E-state index contributed by atoms with van der Waals surface area (Å²) in [7, 11) is 1.63. The molecule has 2 rings (SSSR count). The SMILES string of the molecule is COc1ccccc1-c1ncco1. The van der Waals surface area contributed by atoms with E-state index in [9.17, 15) is 0 Å². The maximum absolute atomic E-state index is 5.17. The second-order valence-corrected chi connectivity index (χ2v) is 2.54. The zero-order chi connectivity index (χ0) is 9.10. The average molecular weight is 175 g/mol. The molecule has 0 amide bonds. The summed E-state index contributed by atoms with van der Waals surface area (Å²) < 4.78 is 10.3. The number of hydrogen-bond donors (Lipinski definition) is 0. The first-order chi connectivity index (χ1) is 6.42. The summed E-state index contributed by atoms with van der Waals surface area (Å²) in [4.78, 5) is 4.05. The molecule has 0 aliphatic carbocycles. The number of nitrogens with zero attached hydrogens (tertiary/aromatic N) is 1. The summed E-state index contributed by atoms with van der Waals surface area (Å²) in [5, 5.41) is 0. The zero-order valence-corrected chi connectivity index (χ0v) is 7.23. The Morgan fingerprint density at radius 3 is 2.85 bits per heavy atom. The number of aromatic nitrogens is 1. The summed E-state index contributed by atoms with van der Waals surface area (Å²) in [6, 6.07) is 7.61. The van der Waals surface area contributed by atoms with Crippen LogP contribution in [0.1, 0.15) is 0 Å². The van der Waals surface area contributed by atoms with Crippen LogP contribution in [0.15, 0.2) is 41.1 Å². The Kier molecular flexibility index (Phi) is 2.00. The van der Waals surface area contributed by atoms with E-state index in [4.69, 9.17) is 9.15 Å². The molecule has 3 nitrogen and oxygen atoms in total. The molecule has 0 N–H and O–H groups in total. The Labute approximate surface area is 76.0 Å². The number of methoxy groups -OCH3 is 1. The van der Waals surface area contributed by atoms with Crippen LogP contribution in [-0.2, 0) is 0 Å². The van der Waals surface area contributed by atoms with E-state index in [1.807, 2.05) is 24.3 Å². The number of rotatable bonds is 2. The van der Waals surface area contributed by atoms with Gasteiger partial charge < -0.3 is 9.15 Å². The highest BCUT2D eigenvalue weighted by Crippen LogP contribution is 2.27. The predicted molar refractivity (Wildman–Crippen MR) is 48.5 cm³/mol. The molecule has 0 unspecified atom stereocenters. The molecule has 0 radical (unpaired) electrons. The summed E-state index contributed by atoms with van der Waals surface area (Å²) in [6.45, 7) is 0. The van der Waals surface area contributed by atoms with Gasteiger partial charge in [-0.15, -0.1) is 0 Å². The molecule has 0 aliphatic heterocycles. The minimum atomic E-state index is 0.581. The molecule has 13 heavy (non-hydrogen) atoms. The number of benzene rings is 1. The van der Waals surface area contributed by atoms with Gasteiger partial charge in [-0.2, -0.15) is 0 Å². The van der Waals surface area contributed by atoms with E-state index < -0.39 is 0 Å². The Balaban J connectivity index is 2.51. The maximum atomic E-state index is 5.17. The smallest absolute Gasteiger partial charge is 0.229 e. The first kappa shape index (κ1) is 7.86. The minimum absolute atomic E-state index is 0.581. The molecular weight excluding hydrogens is 166 g/mol. The molecule has 0 bridgehead atoms. The van der Waals surface area contributed by atoms with Crippen molar-refractivity contribution in [2.75, 3.05) is 7.11 Å². The molecule has 3 heteroatoms. The average Bonchev–Trinajstić information content (AvgIpc) is 2.70. The van der Waals surface area contributed by atoms with Gasteiger partial charge >= 0.3 is 0 Å². The Bertz CT molecular complexity index is 382. The van der Waals surface area contributed by atoms with Gasteiger partial charge in [-0.3, -0.25) is 0 Å². The summed E-state index contributed by atoms with van der Waals surface area (Å²) in [6.07, 6.45) is 3.16. The topological polar surface area (TPSA) is 35.3 Å². The van der Waals surface area contributed by atoms with Crippen LogP contribution >= 0.6 is 0 Å². The third-order valence-electron chi connectivity index (χ3n) is 1.77. The fourth-order valence-corrected chi connectivity index (χ4v) is 1.18. The Hall–Kier alpha value is -1.77. The van der Waals surface area contributed by atoms with E-state index in [1.165, 1.54) is 0 Å². The van der Waals surface area contributed by atoms with E-state index in [-0.39, 0.29) is 0 Å².